The van der Waals surface area contributed by atoms with Gasteiger partial charge in [-0.3, -0.25) is 24.9 Å². The van der Waals surface area contributed by atoms with Crippen LogP contribution in [-0.2, 0) is 14.8 Å². The molecule has 0 bridgehead atoms. The number of hydrogen-bond acceptors (Lipinski definition) is 9. The van der Waals surface area contributed by atoms with Crippen LogP contribution in [0.4, 0.5) is 42.8 Å². The highest BCUT2D eigenvalue weighted by atomic mass is 32.2. The fourth-order valence-corrected chi connectivity index (χ4v) is 5.56. The first kappa shape index (κ1) is 37.1. The molecule has 1 atom stereocenters. The molecular formula is C33H33N7O10S. The van der Waals surface area contributed by atoms with Crippen LogP contribution in [0.1, 0.15) is 31.4 Å². The number of aliphatic carboxylic acids is 1. The third kappa shape index (κ3) is 11.5. The summed E-state index contributed by atoms with van der Waals surface area (Å²) in [6.07, 6.45) is -0.667. The van der Waals surface area contributed by atoms with E-state index in [2.05, 4.69) is 31.3 Å². The van der Waals surface area contributed by atoms with Gasteiger partial charge in [-0.2, -0.15) is 0 Å². The summed E-state index contributed by atoms with van der Waals surface area (Å²) in [6, 6.07) is 19.9. The number of sulfonamides is 1. The van der Waals surface area contributed by atoms with Crippen molar-refractivity contribution in [2.24, 2.45) is 0 Å². The number of carboxylic acid groups (broad SMARTS) is 1. The number of nitro groups is 1. The summed E-state index contributed by atoms with van der Waals surface area (Å²) >= 11 is 0. The smallest absolute Gasteiger partial charge is 0.417 e. The maximum absolute atomic E-state index is 13.2. The minimum absolute atomic E-state index is 0.0828. The number of ether oxygens (including phenoxy) is 1. The molecule has 18 heteroatoms. The number of nitrogens with one attached hydrogen (secondary N) is 6. The Labute approximate surface area is 291 Å². The minimum atomic E-state index is -4.14. The second-order valence-corrected chi connectivity index (χ2v) is 12.4. The number of anilines is 4. The Kier molecular flexibility index (Phi) is 12.5. The zero-order valence-electron chi connectivity index (χ0n) is 26.9. The normalized spacial score (nSPS) is 11.3. The lowest BCUT2D eigenvalue weighted by Gasteiger charge is -2.19. The van der Waals surface area contributed by atoms with Crippen molar-refractivity contribution in [3.63, 3.8) is 0 Å². The van der Waals surface area contributed by atoms with Gasteiger partial charge in [0.15, 0.2) is 0 Å². The summed E-state index contributed by atoms with van der Waals surface area (Å²) in [4.78, 5) is 58.8. The van der Waals surface area contributed by atoms with Crippen molar-refractivity contribution < 1.29 is 42.4 Å². The van der Waals surface area contributed by atoms with Gasteiger partial charge in [-0.1, -0.05) is 25.1 Å². The molecule has 0 aliphatic heterocycles. The predicted molar refractivity (Wildman–Crippen MR) is 187 cm³/mol. The van der Waals surface area contributed by atoms with Crippen LogP contribution < -0.4 is 36.0 Å². The molecule has 0 saturated heterocycles. The highest BCUT2D eigenvalue weighted by Crippen LogP contribution is 2.25. The van der Waals surface area contributed by atoms with Crippen molar-refractivity contribution in [1.82, 2.24) is 10.6 Å². The Morgan fingerprint density at radius 1 is 0.804 bits per heavy atom. The Morgan fingerprint density at radius 3 is 2.08 bits per heavy atom. The molecule has 0 heterocycles. The van der Waals surface area contributed by atoms with Gasteiger partial charge in [0.1, 0.15) is 5.75 Å². The maximum atomic E-state index is 13.2. The molecule has 5 amide bonds. The van der Waals surface area contributed by atoms with Gasteiger partial charge in [0, 0.05) is 41.4 Å². The number of benzene rings is 4. The van der Waals surface area contributed by atoms with Crippen LogP contribution in [0.25, 0.3) is 0 Å². The largest absolute Gasteiger partial charge is 0.481 e. The third-order valence-corrected chi connectivity index (χ3v) is 8.19. The zero-order valence-corrected chi connectivity index (χ0v) is 27.7. The van der Waals surface area contributed by atoms with Gasteiger partial charge in [0.25, 0.3) is 15.7 Å². The molecule has 0 radical (unpaired) electrons. The van der Waals surface area contributed by atoms with Gasteiger partial charge >= 0.3 is 24.1 Å². The van der Waals surface area contributed by atoms with Gasteiger partial charge < -0.3 is 31.1 Å². The number of nitrogens with zero attached hydrogens (tertiary/aromatic N) is 1. The van der Waals surface area contributed by atoms with Gasteiger partial charge in [0.2, 0.25) is 0 Å². The van der Waals surface area contributed by atoms with Crippen LogP contribution >= 0.6 is 0 Å². The predicted octanol–water partition coefficient (Wildman–Crippen LogP) is 5.88. The zero-order chi connectivity index (χ0) is 37.0. The second-order valence-electron chi connectivity index (χ2n) is 10.7. The molecule has 0 fully saturated rings. The Balaban J connectivity index is 1.37. The SMILES string of the molecule is CCCNC(=O)Nc1cccc(S(=O)(=O)Nc2cccc([C@@H](CC(=O)O)NC(=O)Nc3ccc(NC(=O)Oc4ccc([N+](=O)[O-])cc4)cc3)c2)c1. The second kappa shape index (κ2) is 17.1. The van der Waals surface area contributed by atoms with Crippen molar-refractivity contribution in [2.45, 2.75) is 30.7 Å². The summed E-state index contributed by atoms with van der Waals surface area (Å²) in [5.41, 5.74) is 1.07. The van der Waals surface area contributed by atoms with Crippen LogP contribution in [0, 0.1) is 10.1 Å². The summed E-state index contributed by atoms with van der Waals surface area (Å²) in [5, 5.41) is 33.1. The molecule has 7 N–H and O–H groups in total. The van der Waals surface area contributed by atoms with E-state index in [0.29, 0.717) is 17.8 Å². The summed E-state index contributed by atoms with van der Waals surface area (Å²) in [7, 11) is -4.14. The average molecular weight is 720 g/mol. The molecule has 0 spiro atoms. The highest BCUT2D eigenvalue weighted by Gasteiger charge is 2.21. The topological polar surface area (TPSA) is 247 Å². The monoisotopic (exact) mass is 719 g/mol. The van der Waals surface area contributed by atoms with Crippen molar-refractivity contribution in [2.75, 3.05) is 27.2 Å². The summed E-state index contributed by atoms with van der Waals surface area (Å²) < 4.78 is 33.9. The van der Waals surface area contributed by atoms with E-state index < -0.39 is 51.5 Å². The van der Waals surface area contributed by atoms with E-state index in [1.165, 1.54) is 97.1 Å². The summed E-state index contributed by atoms with van der Waals surface area (Å²) in [5.74, 6) is -1.14. The van der Waals surface area contributed by atoms with E-state index in [1.54, 1.807) is 0 Å². The molecule has 0 aliphatic carbocycles. The first-order valence-electron chi connectivity index (χ1n) is 15.2. The third-order valence-electron chi connectivity index (χ3n) is 6.81. The number of carboxylic acids is 1. The molecule has 51 heavy (non-hydrogen) atoms. The van der Waals surface area contributed by atoms with Crippen LogP contribution in [0.15, 0.2) is 102 Å². The highest BCUT2D eigenvalue weighted by molar-refractivity contribution is 7.92. The Morgan fingerprint density at radius 2 is 1.43 bits per heavy atom. The van der Waals surface area contributed by atoms with Crippen LogP contribution in [0.5, 0.6) is 5.75 Å². The molecule has 0 aromatic heterocycles. The number of rotatable bonds is 14. The number of urea groups is 2. The fourth-order valence-electron chi connectivity index (χ4n) is 4.46. The van der Waals surface area contributed by atoms with E-state index >= 15 is 0 Å². The number of non-ortho nitro benzene ring substituents is 1. The van der Waals surface area contributed by atoms with E-state index in [9.17, 15) is 42.8 Å². The standard InChI is InChI=1S/C33H33N7O10S/c1-2-17-34-31(43)36-24-6-4-8-28(19-24)51(48,49)39-25-7-3-5-21(18-25)29(20-30(41)42)38-32(44)35-22-9-11-23(12-10-22)37-33(45)50-27-15-13-26(14-16-27)40(46)47/h3-16,18-19,29,39H,2,17,20H2,1H3,(H,37,45)(H,41,42)(H2,34,36,43)(H2,35,38,44)/t29-/m1/s1. The quantitative estimate of drug-likeness (QED) is 0.0603. The number of carbonyl (C=O) groups excluding carboxylic acids is 3. The minimum Gasteiger partial charge on any atom is -0.481 e. The van der Waals surface area contributed by atoms with Crippen molar-refractivity contribution >= 4 is 62.6 Å². The molecule has 4 aromatic carbocycles. The molecule has 4 aromatic rings. The van der Waals surface area contributed by atoms with Gasteiger partial charge in [-0.25, -0.2) is 22.8 Å². The first-order valence-corrected chi connectivity index (χ1v) is 16.7. The summed E-state index contributed by atoms with van der Waals surface area (Å²) in [6.45, 7) is 2.34. The van der Waals surface area contributed by atoms with E-state index in [4.69, 9.17) is 4.74 Å². The van der Waals surface area contributed by atoms with Crippen LogP contribution in [0.3, 0.4) is 0 Å². The molecule has 0 aliphatic rings. The number of nitro benzene ring substituents is 1. The van der Waals surface area contributed by atoms with Crippen LogP contribution in [0.2, 0.25) is 0 Å². The number of carbonyl (C=O) groups is 4. The molecule has 0 unspecified atom stereocenters. The van der Waals surface area contributed by atoms with E-state index in [1.807, 2.05) is 6.92 Å². The fraction of sp³-hybridized carbons (Fsp3) is 0.152. The van der Waals surface area contributed by atoms with Crippen molar-refractivity contribution in [3.05, 3.63) is 113 Å². The lowest BCUT2D eigenvalue weighted by atomic mass is 10.0. The first-order chi connectivity index (χ1) is 24.3. The van der Waals surface area contributed by atoms with Crippen LogP contribution in [-0.4, -0.2) is 49.1 Å². The molecule has 0 saturated carbocycles. The average Bonchev–Trinajstić information content (AvgIpc) is 3.08. The Bertz CT molecular complexity index is 2010. The number of amides is 5. The molecule has 266 valence electrons. The van der Waals surface area contributed by atoms with Crippen molar-refractivity contribution in [3.8, 4) is 5.75 Å². The van der Waals surface area contributed by atoms with E-state index in [-0.39, 0.29) is 33.4 Å². The van der Waals surface area contributed by atoms with Crippen molar-refractivity contribution in [1.29, 1.82) is 0 Å². The molecule has 17 nitrogen and oxygen atoms in total. The van der Waals surface area contributed by atoms with Gasteiger partial charge in [0.05, 0.1) is 22.3 Å². The van der Waals surface area contributed by atoms with Gasteiger partial charge in [-0.05, 0) is 78.7 Å². The molecular weight excluding hydrogens is 686 g/mol. The maximum Gasteiger partial charge on any atom is 0.417 e. The lowest BCUT2D eigenvalue weighted by Crippen LogP contribution is -2.33. The Hall–Kier alpha value is -6.69. The molecule has 4 rings (SSSR count). The van der Waals surface area contributed by atoms with Gasteiger partial charge in [-0.15, -0.1) is 0 Å². The number of hydrogen-bond donors (Lipinski definition) is 7. The lowest BCUT2D eigenvalue weighted by molar-refractivity contribution is -0.384. The van der Waals surface area contributed by atoms with E-state index in [0.717, 1.165) is 6.42 Å².